The number of hydrogen-bond donors (Lipinski definition) is 0. The van der Waals surface area contributed by atoms with Gasteiger partial charge in [0.05, 0.1) is 23.1 Å². The molecule has 0 fully saturated rings. The second-order valence-electron chi connectivity index (χ2n) is 6.59. The number of halogens is 1. The van der Waals surface area contributed by atoms with Gasteiger partial charge in [0.15, 0.2) is 0 Å². The van der Waals surface area contributed by atoms with Gasteiger partial charge in [0, 0.05) is 24.3 Å². The molecule has 3 aromatic rings. The van der Waals surface area contributed by atoms with Crippen LogP contribution in [0.1, 0.15) is 25.1 Å². The Hall–Kier alpha value is -2.86. The highest BCUT2D eigenvalue weighted by molar-refractivity contribution is 6.30. The number of hydrogen-bond acceptors (Lipinski definition) is 4. The van der Waals surface area contributed by atoms with Gasteiger partial charge in [-0.2, -0.15) is 9.78 Å². The third-order valence-corrected chi connectivity index (χ3v) is 5.21. The first-order valence-electron chi connectivity index (χ1n) is 9.40. The first-order valence-corrected chi connectivity index (χ1v) is 9.78. The Labute approximate surface area is 168 Å². The second kappa shape index (κ2) is 7.64. The van der Waals surface area contributed by atoms with Crippen molar-refractivity contribution in [2.45, 2.75) is 26.7 Å². The molecule has 0 unspecified atom stereocenters. The monoisotopic (exact) mass is 396 g/mol. The quantitative estimate of drug-likeness (QED) is 0.650. The van der Waals surface area contributed by atoms with Crippen LogP contribution in [0.3, 0.4) is 0 Å². The maximum atomic E-state index is 12.7. The fourth-order valence-corrected chi connectivity index (χ4v) is 3.73. The van der Waals surface area contributed by atoms with Gasteiger partial charge in [-0.05, 0) is 62.1 Å². The van der Waals surface area contributed by atoms with Crippen molar-refractivity contribution < 1.29 is 9.53 Å². The molecule has 4 rings (SSSR count). The molecule has 1 aromatic carbocycles. The van der Waals surface area contributed by atoms with Crippen LogP contribution in [-0.2, 0) is 12.8 Å². The molecule has 6 nitrogen and oxygen atoms in total. The normalized spacial score (nSPS) is 12.2. The first kappa shape index (κ1) is 18.5. The molecule has 28 heavy (non-hydrogen) atoms. The highest BCUT2D eigenvalue weighted by atomic mass is 35.5. The van der Waals surface area contributed by atoms with E-state index in [1.807, 2.05) is 44.2 Å². The summed E-state index contributed by atoms with van der Waals surface area (Å²) >= 11 is 6.19. The van der Waals surface area contributed by atoms with Crippen molar-refractivity contribution in [2.24, 2.45) is 0 Å². The highest BCUT2D eigenvalue weighted by Crippen LogP contribution is 2.42. The summed E-state index contributed by atoms with van der Waals surface area (Å²) in [5.41, 5.74) is 4.63. The minimum Gasteiger partial charge on any atom is -0.390 e. The molecular weight excluding hydrogens is 376 g/mol. The van der Waals surface area contributed by atoms with Crippen molar-refractivity contribution in [2.75, 3.05) is 13.1 Å². The SMILES string of the molecule is CCN(CC)C(=O)Oc1c2c(nn1-c1cccnc1)CCc1cc(Cl)ccc1-2. The molecule has 0 bridgehead atoms. The largest absolute Gasteiger partial charge is 0.416 e. The van der Waals surface area contributed by atoms with Crippen LogP contribution in [0.15, 0.2) is 42.7 Å². The number of nitrogens with zero attached hydrogens (tertiary/aromatic N) is 4. The van der Waals surface area contributed by atoms with Gasteiger partial charge in [-0.1, -0.05) is 17.7 Å². The van der Waals surface area contributed by atoms with Gasteiger partial charge in [-0.15, -0.1) is 0 Å². The smallest absolute Gasteiger partial charge is 0.390 e. The van der Waals surface area contributed by atoms with Crippen LogP contribution in [0, 0.1) is 0 Å². The molecular formula is C21H21ClN4O2. The number of carbonyl (C=O) groups is 1. The first-order chi connectivity index (χ1) is 13.6. The lowest BCUT2D eigenvalue weighted by atomic mass is 9.90. The van der Waals surface area contributed by atoms with E-state index >= 15 is 0 Å². The molecule has 0 atom stereocenters. The van der Waals surface area contributed by atoms with Crippen LogP contribution < -0.4 is 4.74 Å². The summed E-state index contributed by atoms with van der Waals surface area (Å²) < 4.78 is 7.57. The number of ether oxygens (including phenoxy) is 1. The standard InChI is InChI=1S/C21H21ClN4O2/c1-3-25(4-2)21(27)28-20-19-17-9-8-15(22)12-14(17)7-10-18(19)24-26(20)16-6-5-11-23-13-16/h5-6,8-9,11-13H,3-4,7,10H2,1-2H3. The Morgan fingerprint density at radius 2 is 2.07 bits per heavy atom. The van der Waals surface area contributed by atoms with E-state index in [9.17, 15) is 4.79 Å². The second-order valence-corrected chi connectivity index (χ2v) is 7.03. The fourth-order valence-electron chi connectivity index (χ4n) is 3.53. The van der Waals surface area contributed by atoms with Gasteiger partial charge in [-0.25, -0.2) is 4.79 Å². The molecule has 0 N–H and O–H groups in total. The lowest BCUT2D eigenvalue weighted by molar-refractivity contribution is 0.154. The van der Waals surface area contributed by atoms with Crippen molar-refractivity contribution >= 4 is 17.7 Å². The Balaban J connectivity index is 1.88. The van der Waals surface area contributed by atoms with E-state index in [4.69, 9.17) is 21.4 Å². The van der Waals surface area contributed by atoms with Crippen LogP contribution in [0.25, 0.3) is 16.8 Å². The molecule has 7 heteroatoms. The molecule has 144 valence electrons. The van der Waals surface area contributed by atoms with Crippen LogP contribution in [0.4, 0.5) is 4.79 Å². The Bertz CT molecular complexity index is 1010. The predicted octanol–water partition coefficient (Wildman–Crippen LogP) is 4.53. The summed E-state index contributed by atoms with van der Waals surface area (Å²) in [4.78, 5) is 18.6. The predicted molar refractivity (Wildman–Crippen MR) is 108 cm³/mol. The van der Waals surface area contributed by atoms with Crippen molar-refractivity contribution in [1.29, 1.82) is 0 Å². The van der Waals surface area contributed by atoms with Gasteiger partial charge < -0.3 is 9.64 Å². The summed E-state index contributed by atoms with van der Waals surface area (Å²) in [6, 6.07) is 9.52. The zero-order chi connectivity index (χ0) is 19.7. The van der Waals surface area contributed by atoms with Gasteiger partial charge in [0.25, 0.3) is 0 Å². The van der Waals surface area contributed by atoms with Crippen molar-refractivity contribution in [3.05, 3.63) is 59.0 Å². The third-order valence-electron chi connectivity index (χ3n) is 4.98. The molecule has 0 saturated heterocycles. The highest BCUT2D eigenvalue weighted by Gasteiger charge is 2.29. The van der Waals surface area contributed by atoms with Gasteiger partial charge in [-0.3, -0.25) is 4.98 Å². The van der Waals surface area contributed by atoms with Crippen molar-refractivity contribution in [3.8, 4) is 22.7 Å². The van der Waals surface area contributed by atoms with Crippen LogP contribution in [0.2, 0.25) is 5.02 Å². The van der Waals surface area contributed by atoms with Crippen molar-refractivity contribution in [1.82, 2.24) is 19.7 Å². The molecule has 2 heterocycles. The van der Waals surface area contributed by atoms with E-state index in [-0.39, 0.29) is 6.09 Å². The number of fused-ring (bicyclic) bond motifs is 3. The van der Waals surface area contributed by atoms with E-state index in [1.165, 1.54) is 0 Å². The zero-order valence-corrected chi connectivity index (χ0v) is 16.6. The summed E-state index contributed by atoms with van der Waals surface area (Å²) in [5, 5.41) is 5.45. The minimum absolute atomic E-state index is 0.390. The van der Waals surface area contributed by atoms with Gasteiger partial charge >= 0.3 is 6.09 Å². The molecule has 0 spiro atoms. The molecule has 2 aromatic heterocycles. The summed E-state index contributed by atoms with van der Waals surface area (Å²) in [6.07, 6.45) is 4.61. The van der Waals surface area contributed by atoms with E-state index < -0.39 is 0 Å². The number of rotatable bonds is 4. The minimum atomic E-state index is -0.390. The Kier molecular flexibility index (Phi) is 5.05. The van der Waals surface area contributed by atoms with Crippen LogP contribution in [-0.4, -0.2) is 38.8 Å². The van der Waals surface area contributed by atoms with E-state index in [2.05, 4.69) is 4.98 Å². The maximum Gasteiger partial charge on any atom is 0.416 e. The number of benzene rings is 1. The summed E-state index contributed by atoms with van der Waals surface area (Å²) in [5.74, 6) is 0.420. The lowest BCUT2D eigenvalue weighted by Crippen LogP contribution is -2.33. The van der Waals surface area contributed by atoms with E-state index in [0.717, 1.165) is 40.9 Å². The average Bonchev–Trinajstić information content (AvgIpc) is 3.08. The van der Waals surface area contributed by atoms with Gasteiger partial charge in [0.1, 0.15) is 0 Å². The molecule has 0 saturated carbocycles. The third kappa shape index (κ3) is 3.24. The summed E-state index contributed by atoms with van der Waals surface area (Å²) in [6.45, 7) is 5.00. The number of carbonyl (C=O) groups excluding carboxylic acids is 1. The van der Waals surface area contributed by atoms with E-state index in [1.54, 1.807) is 22.0 Å². The van der Waals surface area contributed by atoms with Crippen molar-refractivity contribution in [3.63, 3.8) is 0 Å². The average molecular weight is 397 g/mol. The van der Waals surface area contributed by atoms with Crippen LogP contribution in [0.5, 0.6) is 5.88 Å². The topological polar surface area (TPSA) is 60.3 Å². The summed E-state index contributed by atoms with van der Waals surface area (Å²) in [7, 11) is 0. The molecule has 1 aliphatic rings. The number of aryl methyl sites for hydroxylation is 2. The lowest BCUT2D eigenvalue weighted by Gasteiger charge is -2.20. The number of pyridine rings is 1. The number of amides is 1. The molecule has 0 aliphatic heterocycles. The maximum absolute atomic E-state index is 12.7. The Morgan fingerprint density at radius 3 is 2.79 bits per heavy atom. The van der Waals surface area contributed by atoms with Crippen LogP contribution >= 0.6 is 11.6 Å². The zero-order valence-electron chi connectivity index (χ0n) is 15.9. The van der Waals surface area contributed by atoms with E-state index in [0.29, 0.717) is 24.0 Å². The molecule has 0 radical (unpaired) electrons. The molecule has 1 aliphatic carbocycles. The Morgan fingerprint density at radius 1 is 1.25 bits per heavy atom. The molecule has 1 amide bonds. The number of aromatic nitrogens is 3. The van der Waals surface area contributed by atoms with Gasteiger partial charge in [0.2, 0.25) is 5.88 Å². The fraction of sp³-hybridized carbons (Fsp3) is 0.286.